The van der Waals surface area contributed by atoms with Crippen LogP contribution in [0, 0.1) is 6.92 Å². The Kier molecular flexibility index (Phi) is 8.26. The number of nitrogens with one attached hydrogen (secondary N) is 1. The molecule has 6 nitrogen and oxygen atoms in total. The van der Waals surface area contributed by atoms with E-state index >= 15 is 0 Å². The van der Waals surface area contributed by atoms with Crippen LogP contribution in [0.15, 0.2) is 72.8 Å². The van der Waals surface area contributed by atoms with Gasteiger partial charge in [-0.2, -0.15) is 0 Å². The molecule has 0 aromatic heterocycles. The number of hydrogen-bond acceptors (Lipinski definition) is 4. The summed E-state index contributed by atoms with van der Waals surface area (Å²) in [5.74, 6) is 1.22. The number of carbonyl (C=O) groups is 2. The minimum Gasteiger partial charge on any atom is -0.454 e. The maximum absolute atomic E-state index is 13.7. The molecule has 0 spiro atoms. The van der Waals surface area contributed by atoms with Gasteiger partial charge in [0.25, 0.3) is 0 Å². The molecule has 1 aliphatic heterocycles. The molecule has 0 fully saturated rings. The van der Waals surface area contributed by atoms with Gasteiger partial charge >= 0.3 is 0 Å². The number of fused-ring (bicyclic) bond motifs is 1. The van der Waals surface area contributed by atoms with Crippen molar-refractivity contribution >= 4 is 11.8 Å². The van der Waals surface area contributed by atoms with Crippen molar-refractivity contribution in [3.63, 3.8) is 0 Å². The predicted molar refractivity (Wildman–Crippen MR) is 140 cm³/mol. The van der Waals surface area contributed by atoms with E-state index in [1.807, 2.05) is 93.6 Å². The normalized spacial score (nSPS) is 12.9. The molecule has 0 aliphatic carbocycles. The molecule has 0 unspecified atom stereocenters. The minimum absolute atomic E-state index is 0.0271. The van der Waals surface area contributed by atoms with E-state index in [1.165, 1.54) is 0 Å². The highest BCUT2D eigenvalue weighted by Gasteiger charge is 2.30. The van der Waals surface area contributed by atoms with Gasteiger partial charge in [-0.15, -0.1) is 0 Å². The lowest BCUT2D eigenvalue weighted by Crippen LogP contribution is -2.51. The van der Waals surface area contributed by atoms with Gasteiger partial charge in [-0.05, 0) is 56.0 Å². The molecule has 0 radical (unpaired) electrons. The fourth-order valence-corrected chi connectivity index (χ4v) is 4.32. The highest BCUT2D eigenvalue weighted by atomic mass is 16.7. The highest BCUT2D eigenvalue weighted by Crippen LogP contribution is 2.33. The van der Waals surface area contributed by atoms with E-state index in [0.717, 1.165) is 28.0 Å². The van der Waals surface area contributed by atoms with Gasteiger partial charge in [0.15, 0.2) is 11.5 Å². The number of ether oxygens (including phenoxy) is 2. The summed E-state index contributed by atoms with van der Waals surface area (Å²) in [6, 6.07) is 23.1. The zero-order valence-electron chi connectivity index (χ0n) is 21.2. The Hall–Kier alpha value is -3.80. The Morgan fingerprint density at radius 1 is 0.889 bits per heavy atom. The Morgan fingerprint density at radius 2 is 1.58 bits per heavy atom. The quantitative estimate of drug-likeness (QED) is 0.446. The minimum atomic E-state index is -0.625. The zero-order valence-corrected chi connectivity index (χ0v) is 21.2. The van der Waals surface area contributed by atoms with Crippen molar-refractivity contribution in [2.24, 2.45) is 0 Å². The largest absolute Gasteiger partial charge is 0.454 e. The highest BCUT2D eigenvalue weighted by molar-refractivity contribution is 5.88. The number of benzene rings is 3. The third-order valence-electron chi connectivity index (χ3n) is 6.24. The maximum Gasteiger partial charge on any atom is 0.243 e. The predicted octanol–water partition coefficient (Wildman–Crippen LogP) is 4.82. The van der Waals surface area contributed by atoms with Crippen LogP contribution >= 0.6 is 0 Å². The first-order chi connectivity index (χ1) is 17.4. The van der Waals surface area contributed by atoms with Gasteiger partial charge in [-0.25, -0.2) is 0 Å². The number of nitrogens with zero attached hydrogens (tertiary/aromatic N) is 1. The summed E-state index contributed by atoms with van der Waals surface area (Å²) in [6.07, 6.45) is 1.27. The van der Waals surface area contributed by atoms with Crippen LogP contribution in [-0.2, 0) is 29.0 Å². The lowest BCUT2D eigenvalue weighted by Gasteiger charge is -2.32. The van der Waals surface area contributed by atoms with E-state index < -0.39 is 6.04 Å². The van der Waals surface area contributed by atoms with Crippen LogP contribution < -0.4 is 14.8 Å². The second-order valence-electron chi connectivity index (χ2n) is 9.56. The third kappa shape index (κ3) is 6.66. The van der Waals surface area contributed by atoms with Crippen molar-refractivity contribution in [1.82, 2.24) is 10.2 Å². The van der Waals surface area contributed by atoms with E-state index in [1.54, 1.807) is 4.90 Å². The molecule has 1 heterocycles. The molecule has 1 N–H and O–H groups in total. The lowest BCUT2D eigenvalue weighted by molar-refractivity contribution is -0.141. The van der Waals surface area contributed by atoms with Crippen LogP contribution in [0.3, 0.4) is 0 Å². The van der Waals surface area contributed by atoms with Crippen LogP contribution in [0.1, 0.15) is 42.5 Å². The average molecular weight is 487 g/mol. The Morgan fingerprint density at radius 3 is 2.31 bits per heavy atom. The van der Waals surface area contributed by atoms with Crippen molar-refractivity contribution in [3.8, 4) is 11.5 Å². The molecule has 1 aliphatic rings. The fourth-order valence-electron chi connectivity index (χ4n) is 4.32. The summed E-state index contributed by atoms with van der Waals surface area (Å²) in [4.78, 5) is 28.9. The Labute approximate surface area is 213 Å². The maximum atomic E-state index is 13.7. The molecule has 1 atom stereocenters. The molecule has 2 amide bonds. The SMILES string of the molecule is Cc1ccc(CN(C(=O)CCc2ccc3c(c2)OCO3)[C@@H](Cc2ccccc2)C(=O)NC(C)C)cc1. The topological polar surface area (TPSA) is 67.9 Å². The summed E-state index contributed by atoms with van der Waals surface area (Å²) in [6.45, 7) is 6.48. The standard InChI is InChI=1S/C30H34N2O4/c1-21(2)31-30(34)26(17-23-7-5-4-6-8-23)32(19-25-11-9-22(3)10-12-25)29(33)16-14-24-13-15-27-28(18-24)36-20-35-27/h4-13,15,18,21,26H,14,16-17,19-20H2,1-3H3,(H,31,34)/t26-/m0/s1. The van der Waals surface area contributed by atoms with Gasteiger partial charge < -0.3 is 19.7 Å². The first kappa shape index (κ1) is 25.3. The molecule has 0 saturated carbocycles. The first-order valence-corrected chi connectivity index (χ1v) is 12.5. The molecule has 6 heteroatoms. The van der Waals surface area contributed by atoms with Crippen LogP contribution in [0.2, 0.25) is 0 Å². The van der Waals surface area contributed by atoms with Gasteiger partial charge in [0, 0.05) is 25.4 Å². The first-order valence-electron chi connectivity index (χ1n) is 12.5. The van der Waals surface area contributed by atoms with Crippen LogP contribution in [0.4, 0.5) is 0 Å². The Bertz CT molecular complexity index is 1180. The summed E-state index contributed by atoms with van der Waals surface area (Å²) in [5.41, 5.74) is 4.15. The molecule has 4 rings (SSSR count). The molecule has 36 heavy (non-hydrogen) atoms. The van der Waals surface area contributed by atoms with Gasteiger partial charge in [0.05, 0.1) is 0 Å². The summed E-state index contributed by atoms with van der Waals surface area (Å²) < 4.78 is 10.9. The van der Waals surface area contributed by atoms with Gasteiger partial charge in [-0.1, -0.05) is 66.2 Å². The van der Waals surface area contributed by atoms with Crippen molar-refractivity contribution < 1.29 is 19.1 Å². The second kappa shape index (κ2) is 11.8. The average Bonchev–Trinajstić information content (AvgIpc) is 3.34. The zero-order chi connectivity index (χ0) is 25.5. The van der Waals surface area contributed by atoms with Crippen molar-refractivity contribution in [1.29, 1.82) is 0 Å². The third-order valence-corrected chi connectivity index (χ3v) is 6.24. The Balaban J connectivity index is 1.59. The van der Waals surface area contributed by atoms with Crippen LogP contribution in [-0.4, -0.2) is 35.6 Å². The van der Waals surface area contributed by atoms with Crippen molar-refractivity contribution in [3.05, 3.63) is 95.1 Å². The van der Waals surface area contributed by atoms with E-state index in [9.17, 15) is 9.59 Å². The van der Waals surface area contributed by atoms with E-state index in [0.29, 0.717) is 25.1 Å². The van der Waals surface area contributed by atoms with Gasteiger partial charge in [0.2, 0.25) is 18.6 Å². The molecule has 3 aromatic carbocycles. The second-order valence-corrected chi connectivity index (χ2v) is 9.56. The van der Waals surface area contributed by atoms with Crippen LogP contribution in [0.5, 0.6) is 11.5 Å². The van der Waals surface area contributed by atoms with Crippen LogP contribution in [0.25, 0.3) is 0 Å². The molecular weight excluding hydrogens is 452 g/mol. The van der Waals surface area contributed by atoms with Gasteiger partial charge in [-0.3, -0.25) is 9.59 Å². The number of carbonyl (C=O) groups excluding carboxylic acids is 2. The monoisotopic (exact) mass is 486 g/mol. The van der Waals surface area contributed by atoms with E-state index in [-0.39, 0.29) is 31.1 Å². The lowest BCUT2D eigenvalue weighted by atomic mass is 10.0. The molecular formula is C30H34N2O4. The molecule has 0 saturated heterocycles. The molecule has 0 bridgehead atoms. The summed E-state index contributed by atoms with van der Waals surface area (Å²) >= 11 is 0. The number of aryl methyl sites for hydroxylation is 2. The van der Waals surface area contributed by atoms with E-state index in [2.05, 4.69) is 5.32 Å². The summed E-state index contributed by atoms with van der Waals surface area (Å²) in [5, 5.41) is 3.03. The number of amides is 2. The fraction of sp³-hybridized carbons (Fsp3) is 0.333. The number of hydrogen-bond donors (Lipinski definition) is 1. The number of rotatable bonds is 10. The molecule has 188 valence electrons. The van der Waals surface area contributed by atoms with Crippen molar-refractivity contribution in [2.75, 3.05) is 6.79 Å². The summed E-state index contributed by atoms with van der Waals surface area (Å²) in [7, 11) is 0. The van der Waals surface area contributed by atoms with Gasteiger partial charge in [0.1, 0.15) is 6.04 Å². The smallest absolute Gasteiger partial charge is 0.243 e. The van der Waals surface area contributed by atoms with Crippen molar-refractivity contribution in [2.45, 2.75) is 58.7 Å². The van der Waals surface area contributed by atoms with E-state index in [4.69, 9.17) is 9.47 Å². The molecule has 3 aromatic rings.